The zero-order valence-corrected chi connectivity index (χ0v) is 23.3. The number of aryl methyl sites for hydroxylation is 1. The standard InChI is InChI=1S/C30H31FN4O7/c1-3-30(40)20-8-23-17-6-15-7-21(31)14(2)16-4-5-22(34-25(37)12-41-13-33-24(36)9-32)27(26(15)16)18(17)10-35(23)28(38)19(20)11-42-29(30)39/h6-8,22,40H,3-5,9-13,32H2,1-2H3,(H,33,36)(H,34,37)/t22-,30-/m0/s1. The average molecular weight is 579 g/mol. The van der Waals surface area contributed by atoms with Crippen molar-refractivity contribution in [3.8, 4) is 11.3 Å². The van der Waals surface area contributed by atoms with Crippen molar-refractivity contribution in [2.75, 3.05) is 19.9 Å². The zero-order valence-electron chi connectivity index (χ0n) is 23.3. The van der Waals surface area contributed by atoms with Crippen molar-refractivity contribution >= 4 is 28.6 Å². The summed E-state index contributed by atoms with van der Waals surface area (Å²) in [5, 5.41) is 18.1. The number of hydrogen-bond acceptors (Lipinski definition) is 8. The molecule has 2 amide bonds. The van der Waals surface area contributed by atoms with Crippen molar-refractivity contribution in [3.63, 3.8) is 0 Å². The normalized spacial score (nSPS) is 20.0. The zero-order chi connectivity index (χ0) is 29.9. The van der Waals surface area contributed by atoms with E-state index in [1.165, 1.54) is 6.07 Å². The molecule has 42 heavy (non-hydrogen) atoms. The minimum Gasteiger partial charge on any atom is -0.458 e. The lowest BCUT2D eigenvalue weighted by atomic mass is 9.79. The highest BCUT2D eigenvalue weighted by atomic mass is 19.1. The van der Waals surface area contributed by atoms with E-state index in [2.05, 4.69) is 10.6 Å². The second-order valence-electron chi connectivity index (χ2n) is 10.9. The van der Waals surface area contributed by atoms with E-state index >= 15 is 4.39 Å². The first-order valence-corrected chi connectivity index (χ1v) is 13.9. The highest BCUT2D eigenvalue weighted by Gasteiger charge is 2.45. The van der Waals surface area contributed by atoms with Crippen LogP contribution in [0.15, 0.2) is 23.0 Å². The fourth-order valence-corrected chi connectivity index (χ4v) is 6.49. The number of rotatable bonds is 7. The number of carbonyl (C=O) groups excluding carboxylic acids is 3. The van der Waals surface area contributed by atoms with Gasteiger partial charge in [0, 0.05) is 11.1 Å². The van der Waals surface area contributed by atoms with Gasteiger partial charge in [0.2, 0.25) is 11.8 Å². The number of carbonyl (C=O) groups is 3. The predicted molar refractivity (Wildman–Crippen MR) is 149 cm³/mol. The summed E-state index contributed by atoms with van der Waals surface area (Å²) in [7, 11) is 0. The Morgan fingerprint density at radius 3 is 2.74 bits per heavy atom. The molecule has 2 aromatic carbocycles. The fraction of sp³-hybridized carbons (Fsp3) is 0.400. The molecule has 0 saturated carbocycles. The minimum atomic E-state index is -1.95. The van der Waals surface area contributed by atoms with E-state index in [1.807, 2.05) is 6.07 Å². The van der Waals surface area contributed by atoms with Crippen LogP contribution >= 0.6 is 0 Å². The molecule has 1 aliphatic carbocycles. The van der Waals surface area contributed by atoms with Gasteiger partial charge in [0.25, 0.3) is 5.56 Å². The summed E-state index contributed by atoms with van der Waals surface area (Å²) in [6.45, 7) is 2.68. The Bertz CT molecular complexity index is 1750. The second-order valence-corrected chi connectivity index (χ2v) is 10.9. The minimum absolute atomic E-state index is 0.0253. The van der Waals surface area contributed by atoms with E-state index in [0.717, 1.165) is 22.1 Å². The third-order valence-corrected chi connectivity index (χ3v) is 8.69. The summed E-state index contributed by atoms with van der Waals surface area (Å²) in [5.41, 5.74) is 7.56. The Morgan fingerprint density at radius 1 is 1.21 bits per heavy atom. The number of aromatic nitrogens is 1. The first-order chi connectivity index (χ1) is 20.1. The third-order valence-electron chi connectivity index (χ3n) is 8.69. The molecular formula is C30H31FN4O7. The lowest BCUT2D eigenvalue weighted by Gasteiger charge is -2.31. The van der Waals surface area contributed by atoms with E-state index in [1.54, 1.807) is 24.5 Å². The molecule has 220 valence electrons. The number of amides is 2. The summed E-state index contributed by atoms with van der Waals surface area (Å²) >= 11 is 0. The Labute approximate surface area is 239 Å². The van der Waals surface area contributed by atoms with E-state index in [4.69, 9.17) is 15.2 Å². The van der Waals surface area contributed by atoms with Gasteiger partial charge in [-0.15, -0.1) is 0 Å². The molecule has 1 aromatic heterocycles. The number of hydrogen-bond donors (Lipinski definition) is 4. The topological polar surface area (TPSA) is 162 Å². The van der Waals surface area contributed by atoms with Crippen LogP contribution in [0.25, 0.3) is 22.0 Å². The molecule has 0 unspecified atom stereocenters. The fourth-order valence-electron chi connectivity index (χ4n) is 6.49. The average Bonchev–Trinajstić information content (AvgIpc) is 3.35. The molecule has 0 spiro atoms. The van der Waals surface area contributed by atoms with Crippen LogP contribution in [-0.2, 0) is 49.0 Å². The maximum Gasteiger partial charge on any atom is 0.343 e. The van der Waals surface area contributed by atoms with Crippen LogP contribution in [0, 0.1) is 12.7 Å². The van der Waals surface area contributed by atoms with Crippen LogP contribution < -0.4 is 21.9 Å². The van der Waals surface area contributed by atoms with Crippen LogP contribution in [0.5, 0.6) is 0 Å². The number of nitrogens with zero attached hydrogens (tertiary/aromatic N) is 1. The van der Waals surface area contributed by atoms with Gasteiger partial charge in [-0.3, -0.25) is 14.4 Å². The molecule has 3 heterocycles. The molecule has 0 bridgehead atoms. The largest absolute Gasteiger partial charge is 0.458 e. The monoisotopic (exact) mass is 578 g/mol. The van der Waals surface area contributed by atoms with Crippen LogP contribution in [0.4, 0.5) is 4.39 Å². The van der Waals surface area contributed by atoms with Crippen molar-refractivity contribution in [2.45, 2.75) is 57.9 Å². The number of esters is 1. The lowest BCUT2D eigenvalue weighted by Crippen LogP contribution is -2.44. The van der Waals surface area contributed by atoms with Crippen molar-refractivity contribution < 1.29 is 33.4 Å². The van der Waals surface area contributed by atoms with Gasteiger partial charge in [0.15, 0.2) is 5.60 Å². The van der Waals surface area contributed by atoms with Gasteiger partial charge < -0.3 is 35.5 Å². The van der Waals surface area contributed by atoms with E-state index < -0.39 is 29.4 Å². The maximum absolute atomic E-state index is 15.1. The number of halogens is 1. The number of nitrogens with two attached hydrogens (primary N) is 1. The summed E-state index contributed by atoms with van der Waals surface area (Å²) < 4.78 is 27.1. The van der Waals surface area contributed by atoms with Crippen LogP contribution in [0.3, 0.4) is 0 Å². The number of pyridine rings is 1. The molecule has 2 aliphatic heterocycles. The molecular weight excluding hydrogens is 547 g/mol. The van der Waals surface area contributed by atoms with Gasteiger partial charge in [-0.1, -0.05) is 6.92 Å². The van der Waals surface area contributed by atoms with E-state index in [9.17, 15) is 24.3 Å². The second kappa shape index (κ2) is 10.3. The van der Waals surface area contributed by atoms with E-state index in [0.29, 0.717) is 35.0 Å². The molecule has 12 heteroatoms. The van der Waals surface area contributed by atoms with Gasteiger partial charge >= 0.3 is 5.97 Å². The summed E-state index contributed by atoms with van der Waals surface area (Å²) in [5.74, 6) is -1.96. The highest BCUT2D eigenvalue weighted by molar-refractivity contribution is 5.98. The summed E-state index contributed by atoms with van der Waals surface area (Å²) in [6.07, 6.45) is 1.06. The van der Waals surface area contributed by atoms with Gasteiger partial charge in [0.05, 0.1) is 30.4 Å². The Balaban J connectivity index is 1.45. The van der Waals surface area contributed by atoms with Gasteiger partial charge in [-0.25, -0.2) is 9.18 Å². The first-order valence-electron chi connectivity index (χ1n) is 13.9. The molecule has 6 rings (SSSR count). The SMILES string of the molecule is CC[C@@]1(O)C(=O)OCc2c1cc1n(c2=O)Cc2c-1cc1cc(F)c(C)c3c1c2[C@@H](NC(=O)COCNC(=O)CN)CC3. The molecule has 3 aromatic rings. The third kappa shape index (κ3) is 4.20. The molecule has 0 saturated heterocycles. The molecule has 2 atom stereocenters. The van der Waals surface area contributed by atoms with Crippen molar-refractivity contribution in [2.24, 2.45) is 5.73 Å². The number of benzene rings is 2. The summed E-state index contributed by atoms with van der Waals surface area (Å²) in [4.78, 5) is 50.5. The number of fused-ring (bicyclic) bond motifs is 5. The van der Waals surface area contributed by atoms with Crippen molar-refractivity contribution in [1.29, 1.82) is 0 Å². The number of nitrogens with one attached hydrogen (secondary N) is 2. The van der Waals surface area contributed by atoms with Crippen LogP contribution in [-0.4, -0.2) is 47.3 Å². The number of cyclic esters (lactones) is 1. The smallest absolute Gasteiger partial charge is 0.343 e. The Hall–Kier alpha value is -4.13. The van der Waals surface area contributed by atoms with Crippen LogP contribution in [0.2, 0.25) is 0 Å². The van der Waals surface area contributed by atoms with Crippen molar-refractivity contribution in [1.82, 2.24) is 15.2 Å². The van der Waals surface area contributed by atoms with Gasteiger partial charge in [-0.05, 0) is 77.4 Å². The van der Waals surface area contributed by atoms with Crippen molar-refractivity contribution in [3.05, 3.63) is 67.8 Å². The Morgan fingerprint density at radius 2 is 2.00 bits per heavy atom. The number of aliphatic hydroxyl groups is 1. The highest BCUT2D eigenvalue weighted by Crippen LogP contribution is 2.47. The molecule has 0 radical (unpaired) electrons. The molecule has 11 nitrogen and oxygen atoms in total. The van der Waals surface area contributed by atoms with E-state index in [-0.39, 0.29) is 62.0 Å². The first kappa shape index (κ1) is 28.0. The predicted octanol–water partition coefficient (Wildman–Crippen LogP) is 1.28. The molecule has 0 fully saturated rings. The molecule has 3 aliphatic rings. The van der Waals surface area contributed by atoms with Gasteiger partial charge in [0.1, 0.15) is 25.8 Å². The summed E-state index contributed by atoms with van der Waals surface area (Å²) in [6, 6.07) is 4.51. The lowest BCUT2D eigenvalue weighted by molar-refractivity contribution is -0.172. The number of ether oxygens (including phenoxy) is 2. The quantitative estimate of drug-likeness (QED) is 0.145. The maximum atomic E-state index is 15.1. The molecule has 5 N–H and O–H groups in total. The van der Waals surface area contributed by atoms with Crippen LogP contribution in [0.1, 0.15) is 59.2 Å². The Kier molecular flexibility index (Phi) is 6.87. The van der Waals surface area contributed by atoms with Gasteiger partial charge in [-0.2, -0.15) is 0 Å².